The predicted octanol–water partition coefficient (Wildman–Crippen LogP) is 2.08. The fourth-order valence-electron chi connectivity index (χ4n) is 3.52. The molecule has 0 radical (unpaired) electrons. The fraction of sp³-hybridized carbons (Fsp3) is 0.238. The molecule has 2 aromatic heterocycles. The lowest BCUT2D eigenvalue weighted by Crippen LogP contribution is -2.41. The number of benzene rings is 1. The number of carbonyl (C=O) groups is 1. The quantitative estimate of drug-likeness (QED) is 0.758. The highest BCUT2D eigenvalue weighted by molar-refractivity contribution is 5.94. The number of hydrogen-bond donors (Lipinski definition) is 1. The van der Waals surface area contributed by atoms with Gasteiger partial charge in [-0.1, -0.05) is 30.3 Å². The molecule has 0 unspecified atom stereocenters. The van der Waals surface area contributed by atoms with Crippen LogP contribution in [0.5, 0.6) is 0 Å². The molecule has 0 bridgehead atoms. The molecule has 0 spiro atoms. The zero-order valence-corrected chi connectivity index (χ0v) is 15.2. The van der Waals surface area contributed by atoms with Gasteiger partial charge in [-0.05, 0) is 25.0 Å². The molecule has 1 N–H and O–H groups in total. The van der Waals surface area contributed by atoms with Crippen molar-refractivity contribution in [2.75, 3.05) is 13.1 Å². The number of amides is 1. The summed E-state index contributed by atoms with van der Waals surface area (Å²) in [6, 6.07) is 15.9. The number of nitrogens with zero attached hydrogens (tertiary/aromatic N) is 3. The molecule has 7 heteroatoms. The van der Waals surface area contributed by atoms with Crippen LogP contribution in [0, 0.1) is 0 Å². The average Bonchev–Trinajstić information content (AvgIpc) is 2.74. The van der Waals surface area contributed by atoms with E-state index in [2.05, 4.69) is 10.1 Å². The van der Waals surface area contributed by atoms with Gasteiger partial charge in [-0.25, -0.2) is 4.68 Å². The third kappa shape index (κ3) is 3.64. The first-order chi connectivity index (χ1) is 13.6. The molecule has 142 valence electrons. The van der Waals surface area contributed by atoms with Crippen LogP contribution in [0.3, 0.4) is 0 Å². The molecule has 1 fully saturated rings. The summed E-state index contributed by atoms with van der Waals surface area (Å²) < 4.78 is 1.54. The molecule has 0 atom stereocenters. The topological polar surface area (TPSA) is 88.1 Å². The predicted molar refractivity (Wildman–Crippen MR) is 105 cm³/mol. The number of rotatable bonds is 3. The van der Waals surface area contributed by atoms with Crippen LogP contribution < -0.4 is 11.1 Å². The maximum atomic E-state index is 12.6. The molecule has 1 amide bonds. The first-order valence-corrected chi connectivity index (χ1v) is 9.25. The molecular weight excluding hydrogens is 356 g/mol. The molecule has 7 nitrogen and oxygen atoms in total. The van der Waals surface area contributed by atoms with Crippen molar-refractivity contribution in [1.82, 2.24) is 19.7 Å². The van der Waals surface area contributed by atoms with Gasteiger partial charge in [-0.3, -0.25) is 14.4 Å². The molecule has 1 aliphatic rings. The molecule has 3 aromatic rings. The summed E-state index contributed by atoms with van der Waals surface area (Å²) in [4.78, 5) is 40.6. The number of nitrogens with one attached hydrogen (secondary N) is 1. The van der Waals surface area contributed by atoms with Crippen LogP contribution in [0.1, 0.15) is 29.2 Å². The Morgan fingerprint density at radius 2 is 1.75 bits per heavy atom. The van der Waals surface area contributed by atoms with E-state index in [-0.39, 0.29) is 23.1 Å². The molecule has 0 saturated carbocycles. The highest BCUT2D eigenvalue weighted by Gasteiger charge is 2.26. The van der Waals surface area contributed by atoms with Crippen molar-refractivity contribution in [2.24, 2.45) is 0 Å². The molecule has 3 heterocycles. The lowest BCUT2D eigenvalue weighted by molar-refractivity contribution is 0.0688. The molecule has 28 heavy (non-hydrogen) atoms. The first kappa shape index (κ1) is 17.9. The Morgan fingerprint density at radius 1 is 1.00 bits per heavy atom. The SMILES string of the molecule is O=C(c1cc[nH]c(=O)c1)N1CCC(n2nc(-c3ccccc3)ccc2=O)CC1. The Balaban J connectivity index is 1.50. The van der Waals surface area contributed by atoms with E-state index in [1.165, 1.54) is 16.9 Å². The number of aromatic nitrogens is 3. The van der Waals surface area contributed by atoms with Gasteiger partial charge in [0.05, 0.1) is 11.7 Å². The number of aromatic amines is 1. The second-order valence-electron chi connectivity index (χ2n) is 6.83. The third-order valence-corrected chi connectivity index (χ3v) is 5.01. The number of carbonyl (C=O) groups excluding carboxylic acids is 1. The van der Waals surface area contributed by atoms with Crippen molar-refractivity contribution in [3.05, 3.63) is 87.1 Å². The average molecular weight is 376 g/mol. The van der Waals surface area contributed by atoms with E-state index >= 15 is 0 Å². The monoisotopic (exact) mass is 376 g/mol. The van der Waals surface area contributed by atoms with Gasteiger partial charge >= 0.3 is 0 Å². The van der Waals surface area contributed by atoms with E-state index in [0.29, 0.717) is 31.5 Å². The van der Waals surface area contributed by atoms with E-state index in [1.54, 1.807) is 23.1 Å². The maximum Gasteiger partial charge on any atom is 0.267 e. The van der Waals surface area contributed by atoms with Gasteiger partial charge < -0.3 is 9.88 Å². The summed E-state index contributed by atoms with van der Waals surface area (Å²) in [7, 11) is 0. The smallest absolute Gasteiger partial charge is 0.267 e. The summed E-state index contributed by atoms with van der Waals surface area (Å²) in [6.45, 7) is 1.03. The van der Waals surface area contributed by atoms with Crippen LogP contribution in [0.15, 0.2) is 70.4 Å². The van der Waals surface area contributed by atoms with Crippen molar-refractivity contribution in [2.45, 2.75) is 18.9 Å². The second kappa shape index (κ2) is 7.64. The number of likely N-dealkylation sites (tertiary alicyclic amines) is 1. The van der Waals surface area contributed by atoms with Crippen LogP contribution in [0.25, 0.3) is 11.3 Å². The normalized spacial score (nSPS) is 14.8. The second-order valence-corrected chi connectivity index (χ2v) is 6.83. The Kier molecular flexibility index (Phi) is 4.89. The van der Waals surface area contributed by atoms with Crippen LogP contribution in [-0.2, 0) is 0 Å². The summed E-state index contributed by atoms with van der Waals surface area (Å²) in [6.07, 6.45) is 2.75. The van der Waals surface area contributed by atoms with Gasteiger partial charge in [0.2, 0.25) is 5.56 Å². The minimum absolute atomic E-state index is 0.0561. The fourth-order valence-corrected chi connectivity index (χ4v) is 3.52. The summed E-state index contributed by atoms with van der Waals surface area (Å²) in [5.74, 6) is -0.164. The minimum Gasteiger partial charge on any atom is -0.338 e. The zero-order chi connectivity index (χ0) is 19.5. The lowest BCUT2D eigenvalue weighted by atomic mass is 10.0. The van der Waals surface area contributed by atoms with Crippen molar-refractivity contribution in [1.29, 1.82) is 0 Å². The third-order valence-electron chi connectivity index (χ3n) is 5.01. The van der Waals surface area contributed by atoms with Gasteiger partial charge in [-0.15, -0.1) is 0 Å². The molecular formula is C21H20N4O3. The Labute approximate surface area is 161 Å². The molecule has 1 aromatic carbocycles. The van der Waals surface area contributed by atoms with E-state index in [4.69, 9.17) is 0 Å². The maximum absolute atomic E-state index is 12.6. The summed E-state index contributed by atoms with van der Waals surface area (Å²) in [5, 5.41) is 4.56. The van der Waals surface area contributed by atoms with Crippen molar-refractivity contribution in [3.8, 4) is 11.3 Å². The zero-order valence-electron chi connectivity index (χ0n) is 15.2. The highest BCUT2D eigenvalue weighted by atomic mass is 16.2. The first-order valence-electron chi connectivity index (χ1n) is 9.25. The summed E-state index contributed by atoms with van der Waals surface area (Å²) in [5.41, 5.74) is 1.65. The van der Waals surface area contributed by atoms with Gasteiger partial charge in [-0.2, -0.15) is 5.10 Å². The summed E-state index contributed by atoms with van der Waals surface area (Å²) >= 11 is 0. The van der Waals surface area contributed by atoms with E-state index < -0.39 is 0 Å². The molecule has 0 aliphatic carbocycles. The van der Waals surface area contributed by atoms with Gasteiger partial charge in [0, 0.05) is 42.5 Å². The Bertz CT molecular complexity index is 1100. The van der Waals surface area contributed by atoms with Crippen molar-refractivity contribution >= 4 is 5.91 Å². The van der Waals surface area contributed by atoms with Crippen LogP contribution >= 0.6 is 0 Å². The number of H-pyrrole nitrogens is 1. The lowest BCUT2D eigenvalue weighted by Gasteiger charge is -2.32. The van der Waals surface area contributed by atoms with Crippen LogP contribution in [0.2, 0.25) is 0 Å². The molecule has 1 aliphatic heterocycles. The number of hydrogen-bond acceptors (Lipinski definition) is 4. The largest absolute Gasteiger partial charge is 0.338 e. The van der Waals surface area contributed by atoms with Crippen LogP contribution in [0.4, 0.5) is 0 Å². The molecule has 1 saturated heterocycles. The molecule has 4 rings (SSSR count). The van der Waals surface area contributed by atoms with E-state index in [9.17, 15) is 14.4 Å². The van der Waals surface area contributed by atoms with E-state index in [0.717, 1.165) is 11.3 Å². The Hall–Kier alpha value is -3.48. The van der Waals surface area contributed by atoms with E-state index in [1.807, 2.05) is 30.3 Å². The standard InChI is InChI=1S/C21H20N4O3/c26-19-14-16(8-11-22-19)21(28)24-12-9-17(10-13-24)25-20(27)7-6-18(23-25)15-4-2-1-3-5-15/h1-8,11,14,17H,9-10,12-13H2,(H,22,26). The highest BCUT2D eigenvalue weighted by Crippen LogP contribution is 2.23. The van der Waals surface area contributed by atoms with Gasteiger partial charge in [0.15, 0.2) is 0 Å². The number of pyridine rings is 1. The van der Waals surface area contributed by atoms with Crippen molar-refractivity contribution < 1.29 is 4.79 Å². The van der Waals surface area contributed by atoms with Gasteiger partial charge in [0.1, 0.15) is 0 Å². The van der Waals surface area contributed by atoms with Crippen LogP contribution in [-0.4, -0.2) is 38.7 Å². The van der Waals surface area contributed by atoms with Crippen molar-refractivity contribution in [3.63, 3.8) is 0 Å². The Morgan fingerprint density at radius 3 is 2.46 bits per heavy atom. The minimum atomic E-state index is -0.297. The number of piperidine rings is 1. The van der Waals surface area contributed by atoms with Gasteiger partial charge in [0.25, 0.3) is 11.5 Å².